The molecule has 0 aliphatic carbocycles. The first-order chi connectivity index (χ1) is 9.37. The van der Waals surface area contributed by atoms with Crippen LogP contribution < -0.4 is 5.32 Å². The van der Waals surface area contributed by atoms with Crippen molar-refractivity contribution < 1.29 is 18.3 Å². The molecule has 2 aliphatic rings. The molecule has 0 aromatic carbocycles. The van der Waals surface area contributed by atoms with Crippen molar-refractivity contribution in [3.63, 3.8) is 0 Å². The van der Waals surface area contributed by atoms with Crippen molar-refractivity contribution in [2.45, 2.75) is 51.2 Å². The summed E-state index contributed by atoms with van der Waals surface area (Å²) in [7, 11) is 0. The molecule has 2 saturated heterocycles. The molecular weight excluding hydrogens is 302 g/mol. The normalized spacial score (nSPS) is 26.0. The van der Waals surface area contributed by atoms with Crippen molar-refractivity contribution in [1.29, 1.82) is 0 Å². The van der Waals surface area contributed by atoms with Crippen LogP contribution in [0.4, 0.5) is 8.78 Å². The van der Waals surface area contributed by atoms with E-state index in [1.165, 1.54) is 0 Å². The number of carbonyl (C=O) groups is 1. The monoisotopic (exact) mass is 326 g/mol. The van der Waals surface area contributed by atoms with E-state index in [0.29, 0.717) is 19.0 Å². The van der Waals surface area contributed by atoms with Gasteiger partial charge < -0.3 is 9.64 Å². The van der Waals surface area contributed by atoms with E-state index in [4.69, 9.17) is 4.74 Å². The topological polar surface area (TPSA) is 41.6 Å². The van der Waals surface area contributed by atoms with Crippen molar-refractivity contribution in [3.05, 3.63) is 0 Å². The van der Waals surface area contributed by atoms with Gasteiger partial charge in [0.05, 0.1) is 18.7 Å². The number of hydrogen-bond acceptors (Lipinski definition) is 3. The first-order valence-corrected chi connectivity index (χ1v) is 7.39. The van der Waals surface area contributed by atoms with Crippen LogP contribution in [0.1, 0.15) is 33.1 Å². The number of halogens is 3. The van der Waals surface area contributed by atoms with E-state index in [-0.39, 0.29) is 30.8 Å². The average Bonchev–Trinajstić information content (AvgIpc) is 2.76. The number of likely N-dealkylation sites (tertiary alicyclic amines) is 1. The van der Waals surface area contributed by atoms with Crippen molar-refractivity contribution in [3.8, 4) is 0 Å². The average molecular weight is 327 g/mol. The largest absolute Gasteiger partial charge is 0.378 e. The molecule has 21 heavy (non-hydrogen) atoms. The third-order valence-corrected chi connectivity index (χ3v) is 3.83. The van der Waals surface area contributed by atoms with Crippen LogP contribution in [0.25, 0.3) is 0 Å². The Kier molecular flexibility index (Phi) is 6.81. The quantitative estimate of drug-likeness (QED) is 0.860. The highest BCUT2D eigenvalue weighted by Crippen LogP contribution is 2.27. The van der Waals surface area contributed by atoms with Gasteiger partial charge in [-0.25, -0.2) is 8.78 Å². The molecule has 4 nitrogen and oxygen atoms in total. The summed E-state index contributed by atoms with van der Waals surface area (Å²) in [5, 5.41) is 2.62. The molecule has 0 aromatic heterocycles. The van der Waals surface area contributed by atoms with Gasteiger partial charge in [-0.1, -0.05) is 13.8 Å². The van der Waals surface area contributed by atoms with E-state index in [9.17, 15) is 13.6 Å². The van der Waals surface area contributed by atoms with Crippen molar-refractivity contribution >= 4 is 18.3 Å². The third-order valence-electron chi connectivity index (χ3n) is 3.83. The fourth-order valence-electron chi connectivity index (χ4n) is 2.68. The first kappa shape index (κ1) is 18.6. The molecule has 2 heterocycles. The summed E-state index contributed by atoms with van der Waals surface area (Å²) in [5.41, 5.74) is 0. The summed E-state index contributed by atoms with van der Waals surface area (Å²) in [5.74, 6) is -2.44. The molecular formula is C14H25ClF2N2O2. The number of carbonyl (C=O) groups excluding carboxylic acids is 1. The Morgan fingerprint density at radius 2 is 2.00 bits per heavy atom. The molecule has 1 amide bonds. The minimum atomic E-state index is -2.75. The highest BCUT2D eigenvalue weighted by Gasteiger charge is 2.43. The zero-order valence-electron chi connectivity index (χ0n) is 12.6. The van der Waals surface area contributed by atoms with E-state index < -0.39 is 18.5 Å². The van der Waals surface area contributed by atoms with Crippen molar-refractivity contribution in [2.24, 2.45) is 5.92 Å². The van der Waals surface area contributed by atoms with Gasteiger partial charge >= 0.3 is 0 Å². The van der Waals surface area contributed by atoms with Crippen LogP contribution in [0.2, 0.25) is 0 Å². The Bertz CT molecular complexity index is 348. The fraction of sp³-hybridized carbons (Fsp3) is 0.929. The standard InChI is InChI=1S/C14H24F2N2O2.ClH/c1-10(2)8-20-11-3-5-18(6-4-11)13(19)12-7-14(15,16)9-17-12;/h10-12,17H,3-9H2,1-2H3;1H. The Hall–Kier alpha value is -0.460. The molecule has 124 valence electrons. The van der Waals surface area contributed by atoms with Gasteiger partial charge in [-0.2, -0.15) is 0 Å². The lowest BCUT2D eigenvalue weighted by molar-refractivity contribution is -0.136. The van der Waals surface area contributed by atoms with E-state index in [1.54, 1.807) is 4.90 Å². The maximum absolute atomic E-state index is 13.1. The summed E-state index contributed by atoms with van der Waals surface area (Å²) in [6.45, 7) is 5.75. The second-order valence-electron chi connectivity index (χ2n) is 6.25. The zero-order valence-corrected chi connectivity index (χ0v) is 13.4. The van der Waals surface area contributed by atoms with E-state index >= 15 is 0 Å². The van der Waals surface area contributed by atoms with Gasteiger partial charge in [0.2, 0.25) is 5.91 Å². The first-order valence-electron chi connectivity index (χ1n) is 7.39. The Morgan fingerprint density at radius 3 is 2.48 bits per heavy atom. The van der Waals surface area contributed by atoms with Crippen LogP contribution >= 0.6 is 12.4 Å². The van der Waals surface area contributed by atoms with Crippen molar-refractivity contribution in [1.82, 2.24) is 10.2 Å². The second-order valence-corrected chi connectivity index (χ2v) is 6.25. The fourth-order valence-corrected chi connectivity index (χ4v) is 2.68. The van der Waals surface area contributed by atoms with Gasteiger partial charge in [-0.05, 0) is 18.8 Å². The number of hydrogen-bond donors (Lipinski definition) is 1. The molecule has 0 radical (unpaired) electrons. The smallest absolute Gasteiger partial charge is 0.262 e. The molecule has 2 fully saturated rings. The molecule has 7 heteroatoms. The van der Waals surface area contributed by atoms with Gasteiger partial charge in [-0.15, -0.1) is 12.4 Å². The highest BCUT2D eigenvalue weighted by molar-refractivity contribution is 5.85. The van der Waals surface area contributed by atoms with Crippen LogP contribution in [0.5, 0.6) is 0 Å². The molecule has 2 rings (SSSR count). The number of amides is 1. The zero-order chi connectivity index (χ0) is 14.8. The minimum absolute atomic E-state index is 0. The highest BCUT2D eigenvalue weighted by atomic mass is 35.5. The van der Waals surface area contributed by atoms with Gasteiger partial charge in [0.15, 0.2) is 0 Å². The van der Waals surface area contributed by atoms with E-state index in [2.05, 4.69) is 19.2 Å². The summed E-state index contributed by atoms with van der Waals surface area (Å²) in [4.78, 5) is 13.8. The Morgan fingerprint density at radius 1 is 1.38 bits per heavy atom. The summed E-state index contributed by atoms with van der Waals surface area (Å²) >= 11 is 0. The maximum atomic E-state index is 13.1. The summed E-state index contributed by atoms with van der Waals surface area (Å²) in [6.07, 6.45) is 1.40. The number of ether oxygens (including phenoxy) is 1. The number of nitrogens with one attached hydrogen (secondary N) is 1. The van der Waals surface area contributed by atoms with Gasteiger partial charge in [0.25, 0.3) is 5.92 Å². The van der Waals surface area contributed by atoms with E-state index in [1.807, 2.05) is 0 Å². The number of piperidine rings is 1. The third kappa shape index (κ3) is 5.34. The molecule has 0 saturated carbocycles. The summed E-state index contributed by atoms with van der Waals surface area (Å²) in [6, 6.07) is -0.724. The second kappa shape index (κ2) is 7.70. The molecule has 1 atom stereocenters. The summed E-state index contributed by atoms with van der Waals surface area (Å²) < 4.78 is 32.0. The van der Waals surface area contributed by atoms with Crippen LogP contribution in [0.15, 0.2) is 0 Å². The lowest BCUT2D eigenvalue weighted by Gasteiger charge is -2.33. The van der Waals surface area contributed by atoms with Crippen LogP contribution in [0, 0.1) is 5.92 Å². The number of alkyl halides is 2. The Balaban J connectivity index is 0.00000220. The molecule has 0 spiro atoms. The predicted octanol–water partition coefficient (Wildman–Crippen LogP) is 2.07. The van der Waals surface area contributed by atoms with Crippen LogP contribution in [-0.4, -0.2) is 55.1 Å². The SMILES string of the molecule is CC(C)COC1CCN(C(=O)C2CC(F)(F)CN2)CC1.Cl. The molecule has 2 aliphatic heterocycles. The lowest BCUT2D eigenvalue weighted by atomic mass is 10.1. The van der Waals surface area contributed by atoms with Gasteiger partial charge in [-0.3, -0.25) is 10.1 Å². The molecule has 1 N–H and O–H groups in total. The Labute approximate surface area is 131 Å². The lowest BCUT2D eigenvalue weighted by Crippen LogP contribution is -2.48. The number of nitrogens with zero attached hydrogens (tertiary/aromatic N) is 1. The molecule has 0 aromatic rings. The van der Waals surface area contributed by atoms with Crippen LogP contribution in [0.3, 0.4) is 0 Å². The molecule has 0 bridgehead atoms. The van der Waals surface area contributed by atoms with Crippen LogP contribution in [-0.2, 0) is 9.53 Å². The predicted molar refractivity (Wildman–Crippen MR) is 79.0 cm³/mol. The maximum Gasteiger partial charge on any atom is 0.262 e. The number of rotatable bonds is 4. The molecule has 1 unspecified atom stereocenters. The van der Waals surface area contributed by atoms with E-state index in [0.717, 1.165) is 19.4 Å². The van der Waals surface area contributed by atoms with Gasteiger partial charge in [0, 0.05) is 26.1 Å². The van der Waals surface area contributed by atoms with Gasteiger partial charge in [0.1, 0.15) is 0 Å². The van der Waals surface area contributed by atoms with Crippen molar-refractivity contribution in [2.75, 3.05) is 26.2 Å². The minimum Gasteiger partial charge on any atom is -0.378 e.